The molecule has 3 aromatic heterocycles. The molecule has 1 aromatic carbocycles. The minimum atomic E-state index is -2.14. The Bertz CT molecular complexity index is 1630. The van der Waals surface area contributed by atoms with Gasteiger partial charge in [-0.15, -0.1) is 0 Å². The van der Waals surface area contributed by atoms with E-state index in [1.165, 1.54) is 25.3 Å². The van der Waals surface area contributed by atoms with Crippen molar-refractivity contribution in [1.82, 2.24) is 20.3 Å². The normalized spacial score (nSPS) is 19.1. The highest BCUT2D eigenvalue weighted by Gasteiger charge is 2.28. The van der Waals surface area contributed by atoms with Crippen molar-refractivity contribution in [2.45, 2.75) is 42.8 Å². The van der Waals surface area contributed by atoms with Gasteiger partial charge in [0.15, 0.2) is 11.6 Å². The molecule has 1 N–H and O–H groups in total. The van der Waals surface area contributed by atoms with Crippen LogP contribution in [0.3, 0.4) is 0 Å². The van der Waals surface area contributed by atoms with Crippen molar-refractivity contribution in [3.8, 4) is 5.75 Å². The number of pyridine rings is 3. The van der Waals surface area contributed by atoms with Gasteiger partial charge in [-0.05, 0) is 42.5 Å². The van der Waals surface area contributed by atoms with Crippen molar-refractivity contribution in [3.05, 3.63) is 77.5 Å². The number of nitrogens with zero attached hydrogens (tertiary/aromatic N) is 4. The van der Waals surface area contributed by atoms with Crippen LogP contribution in [0, 0.1) is 5.82 Å². The number of ether oxygens (including phenoxy) is 2. The Morgan fingerprint density at radius 3 is 2.83 bits per heavy atom. The Hall–Kier alpha value is -4.03. The first kappa shape index (κ1) is 27.2. The van der Waals surface area contributed by atoms with Crippen molar-refractivity contribution in [2.75, 3.05) is 24.7 Å². The maximum atomic E-state index is 14.6. The van der Waals surface area contributed by atoms with Gasteiger partial charge < -0.3 is 19.7 Å². The van der Waals surface area contributed by atoms with Crippen LogP contribution in [0.15, 0.2) is 59.8 Å². The lowest BCUT2D eigenvalue weighted by Gasteiger charge is -2.29. The quantitative estimate of drug-likeness (QED) is 0.370. The maximum absolute atomic E-state index is 14.6. The topological polar surface area (TPSA) is 107 Å². The molecule has 1 fully saturated rings. The molecule has 3 aliphatic rings. The van der Waals surface area contributed by atoms with E-state index in [0.717, 1.165) is 11.5 Å². The van der Waals surface area contributed by atoms with Crippen LogP contribution >= 0.6 is 0 Å². The number of carbonyl (C=O) groups excluding carboxylic acids is 1. The van der Waals surface area contributed by atoms with Crippen molar-refractivity contribution in [1.29, 1.82) is 0 Å². The van der Waals surface area contributed by atoms with Crippen molar-refractivity contribution in [2.24, 2.45) is 0 Å². The van der Waals surface area contributed by atoms with Gasteiger partial charge in [0.1, 0.15) is 18.2 Å². The van der Waals surface area contributed by atoms with Crippen LogP contribution in [0.1, 0.15) is 40.9 Å². The number of aromatic nitrogens is 3. The van der Waals surface area contributed by atoms with E-state index < -0.39 is 34.6 Å². The molecular formula is C29H27F2N5O4S. The second-order valence-corrected chi connectivity index (χ2v) is 11.3. The highest BCUT2D eigenvalue weighted by molar-refractivity contribution is 7.85. The molecule has 41 heavy (non-hydrogen) atoms. The summed E-state index contributed by atoms with van der Waals surface area (Å²) in [4.78, 5) is 28.3. The molecule has 0 saturated heterocycles. The van der Waals surface area contributed by atoms with Crippen LogP contribution in [0.2, 0.25) is 0 Å². The first-order chi connectivity index (χ1) is 20.0. The zero-order valence-electron chi connectivity index (χ0n) is 22.0. The number of carbonyl (C=O) groups is 1. The van der Waals surface area contributed by atoms with Crippen LogP contribution in [-0.4, -0.2) is 50.3 Å². The summed E-state index contributed by atoms with van der Waals surface area (Å²) in [6.45, 7) is 0.520. The summed E-state index contributed by atoms with van der Waals surface area (Å²) in [5, 5.41) is 3.51. The first-order valence-electron chi connectivity index (χ1n) is 13.3. The van der Waals surface area contributed by atoms with E-state index in [1.54, 1.807) is 18.5 Å². The first-order valence-corrected chi connectivity index (χ1v) is 14.5. The molecule has 4 aromatic rings. The second kappa shape index (κ2) is 11.8. The van der Waals surface area contributed by atoms with Gasteiger partial charge in [0.25, 0.3) is 5.91 Å². The predicted molar refractivity (Wildman–Crippen MR) is 149 cm³/mol. The molecule has 1 aliphatic carbocycles. The third-order valence-electron chi connectivity index (χ3n) is 6.62. The fourth-order valence-corrected chi connectivity index (χ4v) is 5.49. The van der Waals surface area contributed by atoms with E-state index >= 15 is 0 Å². The molecule has 0 radical (unpaired) electrons. The third-order valence-corrected chi connectivity index (χ3v) is 8.01. The number of nitrogens with one attached hydrogen (secondary N) is 1. The Morgan fingerprint density at radius 2 is 2.00 bits per heavy atom. The number of benzene rings is 1. The van der Waals surface area contributed by atoms with Gasteiger partial charge in [0.2, 0.25) is 5.50 Å². The second-order valence-electron chi connectivity index (χ2n) is 9.76. The number of halogens is 2. The average Bonchev–Trinajstić information content (AvgIpc) is 3.89. The molecule has 9 nitrogen and oxygen atoms in total. The number of alkyl halides is 1. The summed E-state index contributed by atoms with van der Waals surface area (Å²) in [7, 11) is -2.14. The highest BCUT2D eigenvalue weighted by atomic mass is 32.2. The van der Waals surface area contributed by atoms with Gasteiger partial charge in [-0.1, -0.05) is 19.3 Å². The van der Waals surface area contributed by atoms with E-state index in [0.29, 0.717) is 41.7 Å². The summed E-state index contributed by atoms with van der Waals surface area (Å²) in [5.74, 6) is 0.697. The van der Waals surface area contributed by atoms with Crippen molar-refractivity contribution < 1.29 is 27.3 Å². The molecule has 0 bridgehead atoms. The van der Waals surface area contributed by atoms with Gasteiger partial charge >= 0.3 is 0 Å². The largest absolute Gasteiger partial charge is 0.488 e. The van der Waals surface area contributed by atoms with E-state index in [9.17, 15) is 17.8 Å². The maximum Gasteiger partial charge on any atom is 0.251 e. The van der Waals surface area contributed by atoms with Crippen molar-refractivity contribution >= 4 is 39.2 Å². The smallest absolute Gasteiger partial charge is 0.251 e. The summed E-state index contributed by atoms with van der Waals surface area (Å²) < 4.78 is 51.8. The molecule has 5 heterocycles. The molecule has 7 rings (SSSR count). The fraction of sp³-hybridized carbons (Fsp3) is 0.310. The molecule has 212 valence electrons. The van der Waals surface area contributed by atoms with Crippen LogP contribution < -0.4 is 15.0 Å². The number of fused-ring (bicyclic) bond motifs is 3. The lowest BCUT2D eigenvalue weighted by atomic mass is 10.1. The molecule has 1 saturated carbocycles. The zero-order valence-corrected chi connectivity index (χ0v) is 22.8. The molecule has 2 unspecified atom stereocenters. The Labute approximate surface area is 237 Å². The zero-order chi connectivity index (χ0) is 28.3. The number of amides is 1. The number of hydrogen-bond donors (Lipinski definition) is 1. The Morgan fingerprint density at radius 1 is 1.15 bits per heavy atom. The molecule has 2 atom stereocenters. The van der Waals surface area contributed by atoms with Crippen LogP contribution in [0.25, 0.3) is 10.9 Å². The summed E-state index contributed by atoms with van der Waals surface area (Å²) in [5.41, 5.74) is -0.660. The monoisotopic (exact) mass is 579 g/mol. The molecule has 12 heteroatoms. The van der Waals surface area contributed by atoms with Crippen molar-refractivity contribution in [3.63, 3.8) is 0 Å². The van der Waals surface area contributed by atoms with Crippen LogP contribution in [0.4, 0.5) is 20.4 Å². The SMILES string of the molecule is C1CC1.O=C(NCc1cc2nc(N3CCOc4cccnc43)ccc2cn1)c1cc(F)c2c(c1)S(=O)C(F)COC2. The number of rotatable bonds is 4. The molecular weight excluding hydrogens is 552 g/mol. The van der Waals surface area contributed by atoms with Gasteiger partial charge in [-0.2, -0.15) is 0 Å². The molecule has 0 spiro atoms. The van der Waals surface area contributed by atoms with Crippen LogP contribution in [-0.2, 0) is 28.7 Å². The highest BCUT2D eigenvalue weighted by Crippen LogP contribution is 2.34. The van der Waals surface area contributed by atoms with E-state index in [1.807, 2.05) is 29.2 Å². The van der Waals surface area contributed by atoms with Crippen LogP contribution in [0.5, 0.6) is 5.75 Å². The molecule has 1 amide bonds. The fourth-order valence-electron chi connectivity index (χ4n) is 4.36. The lowest BCUT2D eigenvalue weighted by Crippen LogP contribution is -2.30. The van der Waals surface area contributed by atoms with Gasteiger partial charge in [0, 0.05) is 28.9 Å². The van der Waals surface area contributed by atoms with Gasteiger partial charge in [0.05, 0.1) is 53.2 Å². The Kier molecular flexibility index (Phi) is 7.84. The Balaban J connectivity index is 0.000000947. The average molecular weight is 580 g/mol. The molecule has 2 aliphatic heterocycles. The summed E-state index contributed by atoms with van der Waals surface area (Å²) in [6, 6.07) is 11.5. The van der Waals surface area contributed by atoms with Gasteiger partial charge in [-0.3, -0.25) is 14.0 Å². The third kappa shape index (κ3) is 6.03. The minimum Gasteiger partial charge on any atom is -0.488 e. The number of anilines is 2. The standard InChI is InChI=1S/C26H21F2N5O4S.C3H6/c27-19-8-16(9-22-18(19)13-36-14-23(28)38(22)35)26(34)31-12-17-10-20-15(11-30-17)3-4-24(32-20)33-6-7-37-21-2-1-5-29-25(21)33;1-2-3-1/h1-5,8-11,23H,6-7,12-14H2,(H,31,34);1-3H2. The van der Waals surface area contributed by atoms with E-state index in [4.69, 9.17) is 14.5 Å². The predicted octanol–water partition coefficient (Wildman–Crippen LogP) is 4.73. The van der Waals surface area contributed by atoms with E-state index in [2.05, 4.69) is 15.3 Å². The minimum absolute atomic E-state index is 0.00352. The summed E-state index contributed by atoms with van der Waals surface area (Å²) >= 11 is 0. The van der Waals surface area contributed by atoms with E-state index in [-0.39, 0.29) is 29.2 Å². The number of hydrogen-bond acceptors (Lipinski definition) is 8. The lowest BCUT2D eigenvalue weighted by molar-refractivity contribution is 0.0942. The van der Waals surface area contributed by atoms with Gasteiger partial charge in [-0.25, -0.2) is 18.7 Å². The summed E-state index contributed by atoms with van der Waals surface area (Å²) in [6.07, 6.45) is 7.86.